The number of carboxylic acid groups (broad SMARTS) is 1. The monoisotopic (exact) mass is 225 g/mol. The van der Waals surface area contributed by atoms with Crippen LogP contribution in [0.25, 0.3) is 0 Å². The van der Waals surface area contributed by atoms with Crippen LogP contribution in [0.5, 0.6) is 0 Å². The van der Waals surface area contributed by atoms with Gasteiger partial charge in [0.25, 0.3) is 0 Å². The number of fused-ring (bicyclic) bond motifs is 1. The molecule has 0 spiro atoms. The summed E-state index contributed by atoms with van der Waals surface area (Å²) in [6.07, 6.45) is -4.29. The molecule has 5 nitrogen and oxygen atoms in total. The van der Waals surface area contributed by atoms with E-state index in [9.17, 15) is 22.8 Å². The average Bonchev–Trinajstić information content (AvgIpc) is 2.76. The molecular weight excluding hydrogens is 219 g/mol. The zero-order valence-electron chi connectivity index (χ0n) is 7.17. The number of piperidine rings is 1. The molecule has 1 aliphatic carbocycles. The minimum atomic E-state index is -5.08. The fraction of sp³-hybridized carbons (Fsp3) is 0.571. The molecule has 1 heterocycles. The van der Waals surface area contributed by atoms with Gasteiger partial charge < -0.3 is 5.11 Å². The van der Waals surface area contributed by atoms with Crippen LogP contribution in [0.15, 0.2) is 0 Å². The average molecular weight is 225 g/mol. The fourth-order valence-electron chi connectivity index (χ4n) is 1.08. The second-order valence-electron chi connectivity index (χ2n) is 3.11. The number of carboxylic acids is 1. The minimum absolute atomic E-state index is 0.0579. The highest BCUT2D eigenvalue weighted by Gasteiger charge is 2.54. The molecule has 0 aromatic carbocycles. The van der Waals surface area contributed by atoms with Gasteiger partial charge >= 0.3 is 12.1 Å². The lowest BCUT2D eigenvalue weighted by molar-refractivity contribution is -0.192. The van der Waals surface area contributed by atoms with E-state index in [1.165, 1.54) is 0 Å². The number of imide groups is 1. The molecule has 2 unspecified atom stereocenters. The maximum Gasteiger partial charge on any atom is 0.490 e. The second-order valence-corrected chi connectivity index (χ2v) is 3.11. The summed E-state index contributed by atoms with van der Waals surface area (Å²) in [6, 6.07) is 0. The van der Waals surface area contributed by atoms with Gasteiger partial charge in [0.05, 0.1) is 11.8 Å². The second kappa shape index (κ2) is 3.52. The van der Waals surface area contributed by atoms with E-state index < -0.39 is 12.1 Å². The molecule has 2 rings (SSSR count). The van der Waals surface area contributed by atoms with Crippen LogP contribution in [-0.4, -0.2) is 29.1 Å². The molecule has 1 saturated carbocycles. The van der Waals surface area contributed by atoms with Crippen molar-refractivity contribution in [1.29, 1.82) is 0 Å². The van der Waals surface area contributed by atoms with Gasteiger partial charge in [0.1, 0.15) is 0 Å². The first kappa shape index (κ1) is 11.5. The number of carbonyl (C=O) groups excluding carboxylic acids is 2. The highest BCUT2D eigenvalue weighted by atomic mass is 19.4. The van der Waals surface area contributed by atoms with E-state index in [1.54, 1.807) is 0 Å². The Balaban J connectivity index is 0.000000153. The van der Waals surface area contributed by atoms with E-state index in [0.29, 0.717) is 0 Å². The summed E-state index contributed by atoms with van der Waals surface area (Å²) in [5.41, 5.74) is 0. The first-order valence-electron chi connectivity index (χ1n) is 3.88. The van der Waals surface area contributed by atoms with E-state index in [4.69, 9.17) is 9.90 Å². The van der Waals surface area contributed by atoms with E-state index in [1.807, 2.05) is 0 Å². The topological polar surface area (TPSA) is 83.5 Å². The molecule has 84 valence electrons. The molecule has 2 aliphatic rings. The largest absolute Gasteiger partial charge is 0.490 e. The molecular formula is C7H6F3NO4. The summed E-state index contributed by atoms with van der Waals surface area (Å²) < 4.78 is 31.7. The van der Waals surface area contributed by atoms with Gasteiger partial charge in [-0.3, -0.25) is 14.9 Å². The van der Waals surface area contributed by atoms with Crippen molar-refractivity contribution < 1.29 is 32.7 Å². The van der Waals surface area contributed by atoms with Gasteiger partial charge in [-0.2, -0.15) is 13.2 Å². The van der Waals surface area contributed by atoms with Crippen molar-refractivity contribution in [3.05, 3.63) is 0 Å². The molecule has 0 bridgehead atoms. The molecule has 2 fully saturated rings. The Morgan fingerprint density at radius 1 is 1.27 bits per heavy atom. The van der Waals surface area contributed by atoms with Crippen molar-refractivity contribution in [2.75, 3.05) is 0 Å². The molecule has 0 aromatic heterocycles. The number of nitrogens with one attached hydrogen (secondary N) is 1. The first-order valence-corrected chi connectivity index (χ1v) is 3.88. The van der Waals surface area contributed by atoms with E-state index in [-0.39, 0.29) is 23.7 Å². The summed E-state index contributed by atoms with van der Waals surface area (Å²) in [5.74, 6) is -2.78. The van der Waals surface area contributed by atoms with Crippen molar-refractivity contribution in [1.82, 2.24) is 5.32 Å². The molecule has 0 aromatic rings. The zero-order valence-corrected chi connectivity index (χ0v) is 7.17. The highest BCUT2D eigenvalue weighted by molar-refractivity contribution is 6.08. The quantitative estimate of drug-likeness (QED) is 0.564. The Labute approximate surface area is 81.2 Å². The van der Waals surface area contributed by atoms with Crippen molar-refractivity contribution in [3.8, 4) is 0 Å². The molecule has 2 atom stereocenters. The first-order chi connectivity index (χ1) is 6.73. The Morgan fingerprint density at radius 2 is 1.60 bits per heavy atom. The molecule has 2 amide bonds. The molecule has 2 N–H and O–H groups in total. The molecule has 8 heteroatoms. The van der Waals surface area contributed by atoms with Crippen molar-refractivity contribution in [2.45, 2.75) is 12.6 Å². The third-order valence-corrected chi connectivity index (χ3v) is 1.95. The van der Waals surface area contributed by atoms with Crippen LogP contribution in [0, 0.1) is 11.8 Å². The number of aliphatic carboxylic acids is 1. The van der Waals surface area contributed by atoms with E-state index in [0.717, 1.165) is 6.42 Å². The van der Waals surface area contributed by atoms with Crippen LogP contribution >= 0.6 is 0 Å². The SMILES string of the molecule is O=C(O)C(F)(F)F.O=C1NC(=O)C2CC12. The lowest BCUT2D eigenvalue weighted by atomic mass is 10.4. The highest BCUT2D eigenvalue weighted by Crippen LogP contribution is 2.42. The minimum Gasteiger partial charge on any atom is -0.475 e. The van der Waals surface area contributed by atoms with Crippen molar-refractivity contribution in [3.63, 3.8) is 0 Å². The third kappa shape index (κ3) is 2.67. The Morgan fingerprint density at radius 3 is 1.67 bits per heavy atom. The standard InChI is InChI=1S/C5H5NO2.C2HF3O2/c7-4-2-1-3(2)5(8)6-4;3-2(4,5)1(6)7/h2-3H,1H2,(H,6,7,8);(H,6,7). The van der Waals surface area contributed by atoms with Gasteiger partial charge in [0, 0.05) is 0 Å². The van der Waals surface area contributed by atoms with E-state index >= 15 is 0 Å². The van der Waals surface area contributed by atoms with E-state index in [2.05, 4.69) is 5.32 Å². The van der Waals surface area contributed by atoms with Gasteiger partial charge in [0.15, 0.2) is 0 Å². The summed E-state index contributed by atoms with van der Waals surface area (Å²) >= 11 is 0. The molecule has 0 radical (unpaired) electrons. The molecule has 1 aliphatic heterocycles. The number of carbonyl (C=O) groups is 3. The van der Waals surface area contributed by atoms with Crippen molar-refractivity contribution in [2.24, 2.45) is 11.8 Å². The maximum atomic E-state index is 10.6. The number of hydrogen-bond donors (Lipinski definition) is 2. The number of alkyl halides is 3. The number of halogens is 3. The summed E-state index contributed by atoms with van der Waals surface area (Å²) in [7, 11) is 0. The summed E-state index contributed by atoms with van der Waals surface area (Å²) in [5, 5.41) is 9.36. The number of hydrogen-bond acceptors (Lipinski definition) is 3. The van der Waals surface area contributed by atoms with Crippen LogP contribution in [-0.2, 0) is 14.4 Å². The van der Waals surface area contributed by atoms with Gasteiger partial charge in [-0.15, -0.1) is 0 Å². The lowest BCUT2D eigenvalue weighted by Gasteiger charge is -1.93. The van der Waals surface area contributed by atoms with Crippen LogP contribution in [0.2, 0.25) is 0 Å². The zero-order chi connectivity index (χ0) is 11.8. The van der Waals surface area contributed by atoms with Crippen LogP contribution < -0.4 is 5.32 Å². The van der Waals surface area contributed by atoms with Crippen LogP contribution in [0.4, 0.5) is 13.2 Å². The Bertz CT molecular complexity index is 307. The van der Waals surface area contributed by atoms with Crippen LogP contribution in [0.3, 0.4) is 0 Å². The summed E-state index contributed by atoms with van der Waals surface area (Å²) in [4.78, 5) is 29.9. The smallest absolute Gasteiger partial charge is 0.475 e. The van der Waals surface area contributed by atoms with Crippen LogP contribution in [0.1, 0.15) is 6.42 Å². The predicted octanol–water partition coefficient (Wildman–Crippen LogP) is -0.0878. The normalized spacial score (nSPS) is 27.4. The van der Waals surface area contributed by atoms with Gasteiger partial charge in [0.2, 0.25) is 11.8 Å². The Kier molecular flexibility index (Phi) is 2.69. The summed E-state index contributed by atoms with van der Waals surface area (Å²) in [6.45, 7) is 0. The van der Waals surface area contributed by atoms with Gasteiger partial charge in [-0.25, -0.2) is 4.79 Å². The predicted molar refractivity (Wildman–Crippen MR) is 38.4 cm³/mol. The number of rotatable bonds is 0. The fourth-order valence-corrected chi connectivity index (χ4v) is 1.08. The molecule has 1 saturated heterocycles. The van der Waals surface area contributed by atoms with Gasteiger partial charge in [-0.1, -0.05) is 0 Å². The van der Waals surface area contributed by atoms with Crippen molar-refractivity contribution >= 4 is 17.8 Å². The Hall–Kier alpha value is -1.60. The van der Waals surface area contributed by atoms with Gasteiger partial charge in [-0.05, 0) is 6.42 Å². The lowest BCUT2D eigenvalue weighted by Crippen LogP contribution is -2.24. The number of amides is 2. The maximum absolute atomic E-state index is 10.6. The molecule has 15 heavy (non-hydrogen) atoms. The third-order valence-electron chi connectivity index (χ3n) is 1.95.